The average Bonchev–Trinajstić information content (AvgIpc) is 2.80. The number of carbonyl (C=O) groups excluding carboxylic acids is 1. The number of aromatic amines is 1. The highest BCUT2D eigenvalue weighted by Gasteiger charge is 2.28. The van der Waals surface area contributed by atoms with Crippen molar-refractivity contribution in [3.05, 3.63) is 35.0 Å². The van der Waals surface area contributed by atoms with Crippen molar-refractivity contribution in [2.75, 3.05) is 13.1 Å². The molecular weight excluding hydrogens is 272 g/mol. The van der Waals surface area contributed by atoms with E-state index in [2.05, 4.69) is 18.8 Å². The van der Waals surface area contributed by atoms with Gasteiger partial charge in [0.1, 0.15) is 5.69 Å². The van der Waals surface area contributed by atoms with E-state index in [1.54, 1.807) is 0 Å². The fourth-order valence-corrected chi connectivity index (χ4v) is 2.88. The van der Waals surface area contributed by atoms with Crippen LogP contribution in [0, 0.1) is 5.41 Å². The molecule has 0 aliphatic carbocycles. The van der Waals surface area contributed by atoms with Crippen LogP contribution in [0.2, 0.25) is 5.02 Å². The number of nitrogens with zero attached hydrogens (tertiary/aromatic N) is 1. The van der Waals surface area contributed by atoms with Crippen LogP contribution in [0.1, 0.15) is 37.2 Å². The minimum absolute atomic E-state index is 0.0906. The predicted octanol–water partition coefficient (Wildman–Crippen LogP) is 4.08. The Morgan fingerprint density at radius 1 is 1.25 bits per heavy atom. The van der Waals surface area contributed by atoms with Gasteiger partial charge < -0.3 is 9.88 Å². The van der Waals surface area contributed by atoms with Crippen molar-refractivity contribution in [2.24, 2.45) is 5.41 Å². The minimum atomic E-state index is 0.0906. The standard InChI is InChI=1S/C16H19ClN2O/c1-16(2)5-7-19(8-6-16)15(20)14-10-11-9-12(17)3-4-13(11)18-14/h3-4,9-10,18H,5-8H2,1-2H3. The summed E-state index contributed by atoms with van der Waals surface area (Å²) >= 11 is 5.98. The molecule has 1 aliphatic rings. The largest absolute Gasteiger partial charge is 0.351 e. The SMILES string of the molecule is CC1(C)CCN(C(=O)c2cc3cc(Cl)ccc3[nH]2)CC1. The molecule has 0 atom stereocenters. The Balaban J connectivity index is 1.82. The third-order valence-corrected chi connectivity index (χ3v) is 4.45. The van der Waals surface area contributed by atoms with Gasteiger partial charge in [0.15, 0.2) is 0 Å². The van der Waals surface area contributed by atoms with Crippen LogP contribution < -0.4 is 0 Å². The summed E-state index contributed by atoms with van der Waals surface area (Å²) in [6, 6.07) is 7.51. The first-order valence-corrected chi connectivity index (χ1v) is 7.40. The number of H-pyrrole nitrogens is 1. The van der Waals surface area contributed by atoms with E-state index >= 15 is 0 Å². The number of fused-ring (bicyclic) bond motifs is 1. The molecular formula is C16H19ClN2O. The van der Waals surface area contributed by atoms with Gasteiger partial charge >= 0.3 is 0 Å². The lowest BCUT2D eigenvalue weighted by molar-refractivity contribution is 0.0625. The summed E-state index contributed by atoms with van der Waals surface area (Å²) in [6.07, 6.45) is 2.12. The summed E-state index contributed by atoms with van der Waals surface area (Å²) < 4.78 is 0. The van der Waals surface area contributed by atoms with Crippen molar-refractivity contribution in [1.29, 1.82) is 0 Å². The van der Waals surface area contributed by atoms with Crippen LogP contribution in [0.25, 0.3) is 10.9 Å². The van der Waals surface area contributed by atoms with E-state index in [1.165, 1.54) is 0 Å². The maximum Gasteiger partial charge on any atom is 0.270 e. The summed E-state index contributed by atoms with van der Waals surface area (Å²) in [5.41, 5.74) is 1.96. The molecule has 1 fully saturated rings. The number of likely N-dealkylation sites (tertiary alicyclic amines) is 1. The number of rotatable bonds is 1. The number of piperidine rings is 1. The molecule has 2 heterocycles. The number of aromatic nitrogens is 1. The monoisotopic (exact) mass is 290 g/mol. The molecule has 0 saturated carbocycles. The van der Waals surface area contributed by atoms with Gasteiger partial charge in [0, 0.05) is 29.0 Å². The zero-order valence-electron chi connectivity index (χ0n) is 11.9. The van der Waals surface area contributed by atoms with Gasteiger partial charge in [-0.3, -0.25) is 4.79 Å². The summed E-state index contributed by atoms with van der Waals surface area (Å²) in [6.45, 7) is 6.20. The Morgan fingerprint density at radius 3 is 2.65 bits per heavy atom. The predicted molar refractivity (Wildman–Crippen MR) is 82.2 cm³/mol. The van der Waals surface area contributed by atoms with Gasteiger partial charge in [-0.2, -0.15) is 0 Å². The Hall–Kier alpha value is -1.48. The fraction of sp³-hybridized carbons (Fsp3) is 0.438. The van der Waals surface area contributed by atoms with Gasteiger partial charge in [-0.15, -0.1) is 0 Å². The second-order valence-corrected chi connectivity index (χ2v) is 6.81. The van der Waals surface area contributed by atoms with Gasteiger partial charge in [-0.1, -0.05) is 25.4 Å². The highest BCUT2D eigenvalue weighted by atomic mass is 35.5. The normalized spacial score (nSPS) is 18.4. The van der Waals surface area contributed by atoms with E-state index < -0.39 is 0 Å². The summed E-state index contributed by atoms with van der Waals surface area (Å²) in [4.78, 5) is 17.7. The molecule has 1 N–H and O–H groups in total. The van der Waals surface area contributed by atoms with E-state index in [0.717, 1.165) is 36.8 Å². The van der Waals surface area contributed by atoms with Gasteiger partial charge in [-0.25, -0.2) is 0 Å². The minimum Gasteiger partial charge on any atom is -0.351 e. The van der Waals surface area contributed by atoms with Crippen LogP contribution in [0.15, 0.2) is 24.3 Å². The fourth-order valence-electron chi connectivity index (χ4n) is 2.70. The molecule has 0 radical (unpaired) electrons. The van der Waals surface area contributed by atoms with E-state index in [4.69, 9.17) is 11.6 Å². The van der Waals surface area contributed by atoms with Crippen LogP contribution in [0.5, 0.6) is 0 Å². The third-order valence-electron chi connectivity index (χ3n) is 4.22. The van der Waals surface area contributed by atoms with Crippen molar-refractivity contribution in [2.45, 2.75) is 26.7 Å². The van der Waals surface area contributed by atoms with Crippen LogP contribution in [0.4, 0.5) is 0 Å². The number of benzene rings is 1. The van der Waals surface area contributed by atoms with E-state index in [9.17, 15) is 4.79 Å². The number of carbonyl (C=O) groups is 1. The molecule has 1 aliphatic heterocycles. The van der Waals surface area contributed by atoms with E-state index in [-0.39, 0.29) is 5.91 Å². The van der Waals surface area contributed by atoms with Gasteiger partial charge in [0.25, 0.3) is 5.91 Å². The second-order valence-electron chi connectivity index (χ2n) is 6.37. The van der Waals surface area contributed by atoms with Crippen LogP contribution in [-0.2, 0) is 0 Å². The maximum absolute atomic E-state index is 12.5. The highest BCUT2D eigenvalue weighted by molar-refractivity contribution is 6.31. The topological polar surface area (TPSA) is 36.1 Å². The molecule has 4 heteroatoms. The van der Waals surface area contributed by atoms with Crippen LogP contribution >= 0.6 is 11.6 Å². The first-order chi connectivity index (χ1) is 9.44. The quantitative estimate of drug-likeness (QED) is 0.844. The maximum atomic E-state index is 12.5. The number of amides is 1. The summed E-state index contributed by atoms with van der Waals surface area (Å²) in [7, 11) is 0. The lowest BCUT2D eigenvalue weighted by Crippen LogP contribution is -2.41. The Morgan fingerprint density at radius 2 is 1.95 bits per heavy atom. The van der Waals surface area contributed by atoms with Crippen LogP contribution in [-0.4, -0.2) is 28.9 Å². The molecule has 3 nitrogen and oxygen atoms in total. The number of halogens is 1. The van der Waals surface area contributed by atoms with E-state index in [0.29, 0.717) is 16.1 Å². The Bertz CT molecular complexity index is 650. The molecule has 1 aromatic heterocycles. The van der Waals surface area contributed by atoms with Gasteiger partial charge in [-0.05, 0) is 42.5 Å². The van der Waals surface area contributed by atoms with Gasteiger partial charge in [0.05, 0.1) is 0 Å². The molecule has 20 heavy (non-hydrogen) atoms. The zero-order valence-corrected chi connectivity index (χ0v) is 12.6. The molecule has 1 aromatic carbocycles. The summed E-state index contributed by atoms with van der Waals surface area (Å²) in [5, 5.41) is 1.67. The molecule has 0 bridgehead atoms. The van der Waals surface area contributed by atoms with Crippen molar-refractivity contribution in [3.63, 3.8) is 0 Å². The summed E-state index contributed by atoms with van der Waals surface area (Å²) in [5.74, 6) is 0.0906. The number of nitrogens with one attached hydrogen (secondary N) is 1. The molecule has 0 spiro atoms. The van der Waals surface area contributed by atoms with Gasteiger partial charge in [0.2, 0.25) is 0 Å². The lowest BCUT2D eigenvalue weighted by Gasteiger charge is -2.36. The smallest absolute Gasteiger partial charge is 0.270 e. The van der Waals surface area contributed by atoms with Crippen molar-refractivity contribution in [1.82, 2.24) is 9.88 Å². The van der Waals surface area contributed by atoms with Crippen LogP contribution in [0.3, 0.4) is 0 Å². The second kappa shape index (κ2) is 4.81. The molecule has 0 unspecified atom stereocenters. The molecule has 1 amide bonds. The zero-order chi connectivity index (χ0) is 14.3. The Labute approximate surface area is 123 Å². The first-order valence-electron chi connectivity index (χ1n) is 7.02. The first kappa shape index (κ1) is 13.5. The van der Waals surface area contributed by atoms with Crippen molar-refractivity contribution in [3.8, 4) is 0 Å². The van der Waals surface area contributed by atoms with Crippen molar-refractivity contribution >= 4 is 28.4 Å². The third kappa shape index (κ3) is 2.55. The Kier molecular flexibility index (Phi) is 3.25. The van der Waals surface area contributed by atoms with E-state index in [1.807, 2.05) is 29.2 Å². The molecule has 3 rings (SSSR count). The van der Waals surface area contributed by atoms with Crippen molar-refractivity contribution < 1.29 is 4.79 Å². The number of hydrogen-bond donors (Lipinski definition) is 1. The number of hydrogen-bond acceptors (Lipinski definition) is 1. The molecule has 1 saturated heterocycles. The lowest BCUT2D eigenvalue weighted by atomic mass is 9.82. The average molecular weight is 291 g/mol. The molecule has 2 aromatic rings. The highest BCUT2D eigenvalue weighted by Crippen LogP contribution is 2.30. The molecule has 106 valence electrons.